The number of carbonyl (C=O) groups excluding carboxylic acids is 2. The van der Waals surface area contributed by atoms with Crippen LogP contribution in [-0.4, -0.2) is 36.1 Å². The van der Waals surface area contributed by atoms with Gasteiger partial charge in [-0.2, -0.15) is 0 Å². The number of fused-ring (bicyclic) bond motifs is 7. The Morgan fingerprint density at radius 1 is 0.816 bits per heavy atom. The van der Waals surface area contributed by atoms with E-state index in [4.69, 9.17) is 9.47 Å². The van der Waals surface area contributed by atoms with Crippen LogP contribution in [0.1, 0.15) is 113 Å². The van der Waals surface area contributed by atoms with Crippen molar-refractivity contribution in [1.29, 1.82) is 0 Å². The molecule has 0 amide bonds. The highest BCUT2D eigenvalue weighted by Gasteiger charge is 2.72. The van der Waals surface area contributed by atoms with Gasteiger partial charge in [0.25, 0.3) is 0 Å². The number of methoxy groups -OCH3 is 1. The Hall–Kier alpha value is -1.59. The first-order valence-electron chi connectivity index (χ1n) is 15.2. The Bertz CT molecular complexity index is 1020. The second-order valence-electron chi connectivity index (χ2n) is 15.2. The van der Waals surface area contributed by atoms with Gasteiger partial charge in [-0.25, -0.2) is 0 Å². The van der Waals surface area contributed by atoms with E-state index in [1.54, 1.807) is 6.92 Å². The zero-order valence-corrected chi connectivity index (χ0v) is 25.1. The third-order valence-electron chi connectivity index (χ3n) is 14.0. The van der Waals surface area contributed by atoms with Crippen LogP contribution in [-0.2, 0) is 19.1 Å². The van der Waals surface area contributed by atoms with E-state index in [9.17, 15) is 14.8 Å². The van der Waals surface area contributed by atoms with Crippen LogP contribution in [0.15, 0.2) is 5.16 Å². The second kappa shape index (κ2) is 8.96. The topological polar surface area (TPSA) is 85.2 Å². The van der Waals surface area contributed by atoms with Gasteiger partial charge >= 0.3 is 11.9 Å². The fourth-order valence-electron chi connectivity index (χ4n) is 12.1. The van der Waals surface area contributed by atoms with Crippen molar-refractivity contribution < 1.29 is 24.3 Å². The summed E-state index contributed by atoms with van der Waals surface area (Å²) < 4.78 is 11.4. The quantitative estimate of drug-likeness (QED) is 0.184. The average molecular weight is 530 g/mol. The molecule has 6 nitrogen and oxygen atoms in total. The van der Waals surface area contributed by atoms with Crippen LogP contribution in [0.3, 0.4) is 0 Å². The van der Waals surface area contributed by atoms with Crippen molar-refractivity contribution in [2.75, 3.05) is 7.11 Å². The van der Waals surface area contributed by atoms with Crippen molar-refractivity contribution in [3.05, 3.63) is 0 Å². The van der Waals surface area contributed by atoms with Crippen molar-refractivity contribution in [1.82, 2.24) is 0 Å². The number of hydrogen-bond acceptors (Lipinski definition) is 6. The van der Waals surface area contributed by atoms with E-state index in [0.29, 0.717) is 17.8 Å². The normalized spacial score (nSPS) is 49.6. The number of nitrogens with zero attached hydrogens (tertiary/aromatic N) is 1. The molecule has 0 bridgehead atoms. The molecule has 5 aliphatic carbocycles. The second-order valence-corrected chi connectivity index (χ2v) is 15.2. The minimum Gasteiger partial charge on any atom is -0.469 e. The molecular weight excluding hydrogens is 478 g/mol. The monoisotopic (exact) mass is 529 g/mol. The Labute approximate surface area is 229 Å². The van der Waals surface area contributed by atoms with E-state index in [0.717, 1.165) is 57.1 Å². The largest absolute Gasteiger partial charge is 0.469 e. The molecule has 0 radical (unpaired) electrons. The third kappa shape index (κ3) is 3.46. The number of hydrogen-bond donors (Lipinski definition) is 1. The van der Waals surface area contributed by atoms with Gasteiger partial charge in [0.15, 0.2) is 0 Å². The molecule has 0 saturated heterocycles. The van der Waals surface area contributed by atoms with E-state index in [2.05, 4.69) is 39.8 Å². The summed E-state index contributed by atoms with van der Waals surface area (Å²) in [6, 6.07) is 0. The van der Waals surface area contributed by atoms with Gasteiger partial charge in [-0.05, 0) is 111 Å². The van der Waals surface area contributed by atoms with Gasteiger partial charge in [0.05, 0.1) is 18.2 Å². The zero-order valence-electron chi connectivity index (χ0n) is 25.1. The van der Waals surface area contributed by atoms with Gasteiger partial charge in [-0.3, -0.25) is 9.59 Å². The highest BCUT2D eigenvalue weighted by molar-refractivity contribution is 5.87. The molecule has 0 aromatic carbocycles. The summed E-state index contributed by atoms with van der Waals surface area (Å²) in [6.45, 7) is 15.8. The van der Waals surface area contributed by atoms with E-state index in [1.807, 2.05) is 6.92 Å². The van der Waals surface area contributed by atoms with E-state index in [-0.39, 0.29) is 51.5 Å². The molecule has 0 spiro atoms. The predicted molar refractivity (Wildman–Crippen MR) is 147 cm³/mol. The Morgan fingerprint density at radius 2 is 1.53 bits per heavy atom. The number of oxime groups is 1. The van der Waals surface area contributed by atoms with Gasteiger partial charge in [0, 0.05) is 18.3 Å². The average Bonchev–Trinajstić information content (AvgIpc) is 3.26. The van der Waals surface area contributed by atoms with Gasteiger partial charge < -0.3 is 14.7 Å². The lowest BCUT2D eigenvalue weighted by molar-refractivity contribution is -0.250. The van der Waals surface area contributed by atoms with Crippen molar-refractivity contribution in [3.63, 3.8) is 0 Å². The number of carbonyl (C=O) groups is 2. The minimum atomic E-state index is -0.454. The first-order valence-corrected chi connectivity index (χ1v) is 15.2. The number of esters is 2. The molecule has 10 atom stereocenters. The lowest BCUT2D eigenvalue weighted by atomic mass is 9.32. The SMILES string of the molecule is COC(=O)[C@]12CC[C@@H](/C(C)=N/O)[C@@H]1[C@H]1CC[C@@H]3[C@@]4(C)CC[C@H](OC(C)=O)C(C)(C)[C@@H]4CC[C@@]3(C)[C@]1(C)CC2. The standard InChI is InChI=1S/C32H51NO5/c1-19(33-36)21-11-16-32(27(35)37-8)18-17-30(6)22(26(21)32)9-10-24-29(5)14-13-25(38-20(2)34)28(3,4)23(29)12-15-31(24,30)7/h21-26,36H,9-18H2,1-8H3/b33-19+/t21-,22+,23-,24+,25-,26+,29-,30+,31+,32-/m0/s1. The van der Waals surface area contributed by atoms with Crippen LogP contribution in [0.25, 0.3) is 0 Å². The van der Waals surface area contributed by atoms with E-state index < -0.39 is 5.41 Å². The molecule has 0 aromatic rings. The Balaban J connectivity index is 1.53. The number of rotatable bonds is 3. The smallest absolute Gasteiger partial charge is 0.312 e. The maximum Gasteiger partial charge on any atom is 0.312 e. The molecule has 5 fully saturated rings. The van der Waals surface area contributed by atoms with Crippen LogP contribution in [0, 0.1) is 56.7 Å². The summed E-state index contributed by atoms with van der Waals surface area (Å²) in [5.74, 6) is 1.62. The van der Waals surface area contributed by atoms with E-state index in [1.165, 1.54) is 20.0 Å². The van der Waals surface area contributed by atoms with Crippen molar-refractivity contribution in [2.24, 2.45) is 61.8 Å². The molecule has 1 N–H and O–H groups in total. The van der Waals surface area contributed by atoms with Gasteiger partial charge in [-0.15, -0.1) is 0 Å². The fraction of sp³-hybridized carbons (Fsp3) is 0.906. The molecule has 0 heterocycles. The zero-order chi connectivity index (χ0) is 27.9. The molecule has 0 aliphatic heterocycles. The maximum atomic E-state index is 13.4. The third-order valence-corrected chi connectivity index (χ3v) is 14.0. The summed E-state index contributed by atoms with van der Waals surface area (Å²) in [7, 11) is 1.54. The maximum absolute atomic E-state index is 13.4. The first-order chi connectivity index (χ1) is 17.7. The fourth-order valence-corrected chi connectivity index (χ4v) is 12.1. The summed E-state index contributed by atoms with van der Waals surface area (Å²) in [4.78, 5) is 25.3. The van der Waals surface area contributed by atoms with Crippen LogP contribution in [0.2, 0.25) is 0 Å². The van der Waals surface area contributed by atoms with Crippen molar-refractivity contribution in [2.45, 2.75) is 119 Å². The molecule has 5 rings (SSSR count). The molecule has 5 saturated carbocycles. The Kier molecular flexibility index (Phi) is 6.59. The molecule has 38 heavy (non-hydrogen) atoms. The van der Waals surface area contributed by atoms with Crippen LogP contribution < -0.4 is 0 Å². The first kappa shape index (κ1) is 28.0. The van der Waals surface area contributed by atoms with Gasteiger partial charge in [-0.1, -0.05) is 39.8 Å². The summed E-state index contributed by atoms with van der Waals surface area (Å²) >= 11 is 0. The number of ether oxygens (including phenoxy) is 2. The lowest BCUT2D eigenvalue weighted by Crippen LogP contribution is -2.67. The van der Waals surface area contributed by atoms with Gasteiger partial charge in [0.2, 0.25) is 0 Å². The van der Waals surface area contributed by atoms with E-state index >= 15 is 0 Å². The summed E-state index contributed by atoms with van der Waals surface area (Å²) in [5.41, 5.74) is 0.764. The molecule has 6 heteroatoms. The predicted octanol–water partition coefficient (Wildman–Crippen LogP) is 7.02. The van der Waals surface area contributed by atoms with Crippen LogP contribution in [0.5, 0.6) is 0 Å². The highest BCUT2D eigenvalue weighted by atomic mass is 16.5. The molecule has 5 aliphatic rings. The molecule has 0 aromatic heterocycles. The lowest BCUT2D eigenvalue weighted by Gasteiger charge is -2.72. The highest BCUT2D eigenvalue weighted by Crippen LogP contribution is 2.77. The summed E-state index contributed by atoms with van der Waals surface area (Å²) in [5, 5.41) is 13.5. The Morgan fingerprint density at radius 3 is 2.16 bits per heavy atom. The van der Waals surface area contributed by atoms with Gasteiger partial charge in [0.1, 0.15) is 6.10 Å². The molecular formula is C32H51NO5. The molecule has 214 valence electrons. The van der Waals surface area contributed by atoms with Crippen LogP contribution >= 0.6 is 0 Å². The van der Waals surface area contributed by atoms with Crippen molar-refractivity contribution in [3.8, 4) is 0 Å². The summed E-state index contributed by atoms with van der Waals surface area (Å²) in [6.07, 6.45) is 10.3. The molecule has 0 unspecified atom stereocenters. The van der Waals surface area contributed by atoms with Crippen LogP contribution in [0.4, 0.5) is 0 Å². The van der Waals surface area contributed by atoms with Crippen molar-refractivity contribution >= 4 is 17.7 Å². The minimum absolute atomic E-state index is 0.00954.